The topological polar surface area (TPSA) is 47.3 Å². The van der Waals surface area contributed by atoms with Gasteiger partial charge in [-0.15, -0.1) is 0 Å². The van der Waals surface area contributed by atoms with Crippen molar-refractivity contribution < 1.29 is 13.5 Å². The Balaban J connectivity index is 2.10. The number of halogens is 2. The van der Waals surface area contributed by atoms with E-state index in [0.717, 1.165) is 25.5 Å². The molecule has 5 heteroatoms. The molecule has 0 amide bonds. The highest BCUT2D eigenvalue weighted by atomic mass is 19.1. The van der Waals surface area contributed by atoms with Crippen LogP contribution in [-0.2, 0) is 4.74 Å². The molecule has 0 spiro atoms. The van der Waals surface area contributed by atoms with Crippen LogP contribution in [0.3, 0.4) is 0 Å². The molecule has 0 aliphatic carbocycles. The summed E-state index contributed by atoms with van der Waals surface area (Å²) in [6.07, 6.45) is 2.73. The average Bonchev–Trinajstić information content (AvgIpc) is 2.77. The molecule has 1 saturated heterocycles. The summed E-state index contributed by atoms with van der Waals surface area (Å²) in [4.78, 5) is 0. The minimum Gasteiger partial charge on any atom is -0.378 e. The Morgan fingerprint density at radius 3 is 2.59 bits per heavy atom. The van der Waals surface area contributed by atoms with Crippen LogP contribution in [0.5, 0.6) is 0 Å². The summed E-state index contributed by atoms with van der Waals surface area (Å²) in [5.74, 6) is 4.25. The fourth-order valence-electron chi connectivity index (χ4n) is 2.17. The number of hydrazine groups is 1. The van der Waals surface area contributed by atoms with Crippen molar-refractivity contribution in [3.8, 4) is 0 Å². The van der Waals surface area contributed by atoms with Crippen LogP contribution in [0.4, 0.5) is 8.78 Å². The molecule has 2 unspecified atom stereocenters. The zero-order chi connectivity index (χ0) is 12.3. The van der Waals surface area contributed by atoms with Gasteiger partial charge < -0.3 is 4.74 Å². The molecule has 1 fully saturated rings. The summed E-state index contributed by atoms with van der Waals surface area (Å²) in [6.45, 7) is 0.749. The minimum absolute atomic E-state index is 0.113. The Bertz CT molecular complexity index is 361. The van der Waals surface area contributed by atoms with Crippen LogP contribution in [0, 0.1) is 11.6 Å². The van der Waals surface area contributed by atoms with Crippen LogP contribution in [0.25, 0.3) is 0 Å². The smallest absolute Gasteiger partial charge is 0.126 e. The van der Waals surface area contributed by atoms with Gasteiger partial charge in [0.05, 0.1) is 6.10 Å². The van der Waals surface area contributed by atoms with Gasteiger partial charge in [0.15, 0.2) is 0 Å². The van der Waals surface area contributed by atoms with E-state index in [1.807, 2.05) is 0 Å². The van der Waals surface area contributed by atoms with Crippen molar-refractivity contribution in [3.05, 3.63) is 35.4 Å². The molecular weight excluding hydrogens is 226 g/mol. The van der Waals surface area contributed by atoms with Gasteiger partial charge >= 0.3 is 0 Å². The molecule has 0 saturated carbocycles. The monoisotopic (exact) mass is 242 g/mol. The number of hydrogen-bond donors (Lipinski definition) is 2. The first-order valence-corrected chi connectivity index (χ1v) is 5.73. The van der Waals surface area contributed by atoms with Crippen molar-refractivity contribution in [2.75, 3.05) is 6.61 Å². The van der Waals surface area contributed by atoms with Gasteiger partial charge in [-0.2, -0.15) is 0 Å². The van der Waals surface area contributed by atoms with E-state index < -0.39 is 11.6 Å². The summed E-state index contributed by atoms with van der Waals surface area (Å²) in [5.41, 5.74) is 3.10. The minimum atomic E-state index is -0.590. The molecule has 2 atom stereocenters. The zero-order valence-corrected chi connectivity index (χ0v) is 9.46. The van der Waals surface area contributed by atoms with Gasteiger partial charge in [0, 0.05) is 18.7 Å². The van der Waals surface area contributed by atoms with E-state index in [-0.39, 0.29) is 12.1 Å². The van der Waals surface area contributed by atoms with E-state index >= 15 is 0 Å². The highest BCUT2D eigenvalue weighted by molar-refractivity contribution is 5.21. The maximum atomic E-state index is 13.1. The van der Waals surface area contributed by atoms with Gasteiger partial charge in [0.25, 0.3) is 0 Å². The molecule has 1 aliphatic heterocycles. The Morgan fingerprint density at radius 1 is 1.35 bits per heavy atom. The van der Waals surface area contributed by atoms with Gasteiger partial charge in [-0.25, -0.2) is 8.78 Å². The van der Waals surface area contributed by atoms with Crippen molar-refractivity contribution in [3.63, 3.8) is 0 Å². The van der Waals surface area contributed by atoms with E-state index in [0.29, 0.717) is 12.0 Å². The molecule has 1 aliphatic rings. The summed E-state index contributed by atoms with van der Waals surface area (Å²) < 4.78 is 31.7. The van der Waals surface area contributed by atoms with E-state index in [9.17, 15) is 8.78 Å². The highest BCUT2D eigenvalue weighted by Crippen LogP contribution is 2.25. The first-order chi connectivity index (χ1) is 8.19. The number of hydrogen-bond acceptors (Lipinski definition) is 3. The molecule has 2 rings (SSSR count). The summed E-state index contributed by atoms with van der Waals surface area (Å²) in [7, 11) is 0. The predicted molar refractivity (Wildman–Crippen MR) is 60.0 cm³/mol. The number of rotatable bonds is 4. The van der Waals surface area contributed by atoms with Gasteiger partial charge in [0.1, 0.15) is 11.6 Å². The average molecular weight is 242 g/mol. The molecule has 3 N–H and O–H groups in total. The normalized spacial score (nSPS) is 21.7. The summed E-state index contributed by atoms with van der Waals surface area (Å²) in [5, 5.41) is 0. The second-order valence-corrected chi connectivity index (χ2v) is 4.29. The van der Waals surface area contributed by atoms with Crippen LogP contribution in [0.2, 0.25) is 0 Å². The molecule has 1 heterocycles. The van der Waals surface area contributed by atoms with E-state index in [4.69, 9.17) is 10.6 Å². The predicted octanol–water partition coefficient (Wildman–Crippen LogP) is 2.04. The van der Waals surface area contributed by atoms with Gasteiger partial charge in [-0.05, 0) is 37.0 Å². The quantitative estimate of drug-likeness (QED) is 0.627. The van der Waals surface area contributed by atoms with Gasteiger partial charge in [-0.3, -0.25) is 11.3 Å². The Hall–Kier alpha value is -1.04. The second kappa shape index (κ2) is 5.53. The third-order valence-electron chi connectivity index (χ3n) is 3.01. The Labute approximate surface area is 98.9 Å². The fraction of sp³-hybridized carbons (Fsp3) is 0.500. The summed E-state index contributed by atoms with van der Waals surface area (Å²) >= 11 is 0. The van der Waals surface area contributed by atoms with Crippen molar-refractivity contribution >= 4 is 0 Å². The largest absolute Gasteiger partial charge is 0.378 e. The van der Waals surface area contributed by atoms with Crippen LogP contribution < -0.4 is 11.3 Å². The number of nitrogens with one attached hydrogen (secondary N) is 1. The maximum Gasteiger partial charge on any atom is 0.126 e. The van der Waals surface area contributed by atoms with E-state index in [1.165, 1.54) is 12.1 Å². The molecule has 1 aromatic carbocycles. The van der Waals surface area contributed by atoms with Crippen LogP contribution >= 0.6 is 0 Å². The van der Waals surface area contributed by atoms with Gasteiger partial charge in [-0.1, -0.05) is 0 Å². The van der Waals surface area contributed by atoms with Crippen molar-refractivity contribution in [1.29, 1.82) is 0 Å². The first-order valence-electron chi connectivity index (χ1n) is 5.73. The Kier molecular flexibility index (Phi) is 4.04. The maximum absolute atomic E-state index is 13.1. The zero-order valence-electron chi connectivity index (χ0n) is 9.46. The van der Waals surface area contributed by atoms with E-state index in [2.05, 4.69) is 5.43 Å². The molecule has 0 bridgehead atoms. The molecule has 94 valence electrons. The third kappa shape index (κ3) is 3.21. The van der Waals surface area contributed by atoms with Crippen molar-refractivity contribution in [2.24, 2.45) is 5.84 Å². The Morgan fingerprint density at radius 2 is 2.06 bits per heavy atom. The molecule has 17 heavy (non-hydrogen) atoms. The lowest BCUT2D eigenvalue weighted by atomic mass is 9.99. The molecular formula is C12H16F2N2O. The fourth-order valence-corrected chi connectivity index (χ4v) is 2.17. The van der Waals surface area contributed by atoms with E-state index in [1.54, 1.807) is 0 Å². The lowest BCUT2D eigenvalue weighted by molar-refractivity contribution is 0.0945. The molecule has 3 nitrogen and oxygen atoms in total. The highest BCUT2D eigenvalue weighted by Gasteiger charge is 2.21. The standard InChI is InChI=1S/C12H16F2N2O/c13-9-4-8(5-10(14)6-9)12(16-15)7-11-2-1-3-17-11/h4-6,11-12,16H,1-3,7,15H2. The number of nitrogens with two attached hydrogens (primary N) is 1. The van der Waals surface area contributed by atoms with Crippen molar-refractivity contribution in [2.45, 2.75) is 31.4 Å². The molecule has 0 radical (unpaired) electrons. The SMILES string of the molecule is NNC(CC1CCCO1)c1cc(F)cc(F)c1. The summed E-state index contributed by atoms with van der Waals surface area (Å²) in [6, 6.07) is 3.15. The number of ether oxygens (including phenoxy) is 1. The lowest BCUT2D eigenvalue weighted by Gasteiger charge is -2.20. The van der Waals surface area contributed by atoms with Crippen LogP contribution in [0.15, 0.2) is 18.2 Å². The molecule has 1 aromatic rings. The molecule has 0 aromatic heterocycles. The van der Waals surface area contributed by atoms with Gasteiger partial charge in [0.2, 0.25) is 0 Å². The third-order valence-corrected chi connectivity index (χ3v) is 3.01. The number of benzene rings is 1. The first kappa shape index (κ1) is 12.4. The van der Waals surface area contributed by atoms with Crippen LogP contribution in [-0.4, -0.2) is 12.7 Å². The van der Waals surface area contributed by atoms with Crippen LogP contribution in [0.1, 0.15) is 30.9 Å². The van der Waals surface area contributed by atoms with Crippen molar-refractivity contribution in [1.82, 2.24) is 5.43 Å². The second-order valence-electron chi connectivity index (χ2n) is 4.29. The lowest BCUT2D eigenvalue weighted by Crippen LogP contribution is -2.31.